The van der Waals surface area contributed by atoms with E-state index in [4.69, 9.17) is 4.74 Å². The zero-order chi connectivity index (χ0) is 38.0. The topological polar surface area (TPSA) is 95.9 Å². The SMILES string of the molecule is CCCC/C=C\C/C=C\CCCCCCCC(=O)OCCCCCCCCCCCCC(=O)NC(CO)C(O)/C=C/CCCCCCCCCCC. The Balaban J connectivity index is 3.54. The number of hydrogen-bond donors (Lipinski definition) is 3. The highest BCUT2D eigenvalue weighted by Gasteiger charge is 2.18. The minimum atomic E-state index is -0.858. The molecule has 0 aromatic heterocycles. The Labute approximate surface area is 322 Å². The number of ether oxygens (including phenoxy) is 1. The highest BCUT2D eigenvalue weighted by molar-refractivity contribution is 5.76. The molecule has 0 rings (SSSR count). The molecule has 0 bridgehead atoms. The number of allylic oxidation sites excluding steroid dienone is 5. The fourth-order valence-corrected chi connectivity index (χ4v) is 6.41. The maximum atomic E-state index is 12.4. The van der Waals surface area contributed by atoms with Crippen molar-refractivity contribution in [3.63, 3.8) is 0 Å². The molecule has 2 atom stereocenters. The predicted molar refractivity (Wildman–Crippen MR) is 222 cm³/mol. The van der Waals surface area contributed by atoms with Gasteiger partial charge in [-0.2, -0.15) is 0 Å². The number of carbonyl (C=O) groups excluding carboxylic acids is 2. The third-order valence-electron chi connectivity index (χ3n) is 9.91. The lowest BCUT2D eigenvalue weighted by Crippen LogP contribution is -2.45. The maximum Gasteiger partial charge on any atom is 0.305 e. The van der Waals surface area contributed by atoms with Crippen LogP contribution in [-0.4, -0.2) is 47.4 Å². The van der Waals surface area contributed by atoms with Gasteiger partial charge in [0.1, 0.15) is 0 Å². The van der Waals surface area contributed by atoms with Crippen LogP contribution in [0.25, 0.3) is 0 Å². The number of aliphatic hydroxyl groups is 2. The Morgan fingerprint density at radius 1 is 0.538 bits per heavy atom. The van der Waals surface area contributed by atoms with E-state index < -0.39 is 12.1 Å². The van der Waals surface area contributed by atoms with Crippen molar-refractivity contribution in [1.29, 1.82) is 0 Å². The third-order valence-corrected chi connectivity index (χ3v) is 9.91. The minimum absolute atomic E-state index is 0.0369. The van der Waals surface area contributed by atoms with Crippen molar-refractivity contribution < 1.29 is 24.5 Å². The predicted octanol–water partition coefficient (Wildman–Crippen LogP) is 12.6. The molecule has 0 aliphatic rings. The summed E-state index contributed by atoms with van der Waals surface area (Å²) in [6.45, 7) is 4.77. The van der Waals surface area contributed by atoms with Gasteiger partial charge in [0, 0.05) is 12.8 Å². The van der Waals surface area contributed by atoms with Gasteiger partial charge in [0.25, 0.3) is 0 Å². The first kappa shape index (κ1) is 50.1. The highest BCUT2D eigenvalue weighted by Crippen LogP contribution is 2.14. The Morgan fingerprint density at radius 3 is 1.52 bits per heavy atom. The summed E-state index contributed by atoms with van der Waals surface area (Å²) in [5, 5.41) is 22.9. The second-order valence-corrected chi connectivity index (χ2v) is 15.0. The van der Waals surface area contributed by atoms with Crippen LogP contribution in [0.3, 0.4) is 0 Å². The number of rotatable bonds is 40. The molecule has 0 saturated carbocycles. The van der Waals surface area contributed by atoms with E-state index in [0.717, 1.165) is 70.6 Å². The lowest BCUT2D eigenvalue weighted by Gasteiger charge is -2.20. The van der Waals surface area contributed by atoms with E-state index in [1.165, 1.54) is 122 Å². The first-order valence-corrected chi connectivity index (χ1v) is 22.3. The van der Waals surface area contributed by atoms with Gasteiger partial charge in [-0.15, -0.1) is 0 Å². The van der Waals surface area contributed by atoms with Gasteiger partial charge in [-0.05, 0) is 57.8 Å². The van der Waals surface area contributed by atoms with Crippen molar-refractivity contribution in [2.24, 2.45) is 0 Å². The molecular formula is C46H85NO5. The standard InChI is InChI=1S/C46H85NO5/c1-3-5-7-9-11-13-15-16-17-19-24-28-32-36-40-46(51)52-41-37-33-29-25-21-20-23-27-31-35-39-45(50)47-43(42-48)44(49)38-34-30-26-22-18-14-12-10-8-6-4-2/h9,11,15-16,34,38,43-44,48-49H,3-8,10,12-14,17-33,35-37,39-42H2,1-2H3,(H,47,50)/b11-9-,16-15-,38-34+. The van der Waals surface area contributed by atoms with E-state index in [2.05, 4.69) is 43.5 Å². The van der Waals surface area contributed by atoms with Gasteiger partial charge in [0.2, 0.25) is 5.91 Å². The summed E-state index contributed by atoms with van der Waals surface area (Å²) in [5.41, 5.74) is 0. The summed E-state index contributed by atoms with van der Waals surface area (Å²) >= 11 is 0. The highest BCUT2D eigenvalue weighted by atomic mass is 16.5. The van der Waals surface area contributed by atoms with Gasteiger partial charge in [-0.25, -0.2) is 0 Å². The lowest BCUT2D eigenvalue weighted by atomic mass is 10.0. The Hall–Kier alpha value is -1.92. The maximum absolute atomic E-state index is 12.4. The molecule has 3 N–H and O–H groups in total. The molecule has 0 spiro atoms. The molecular weight excluding hydrogens is 647 g/mol. The second kappa shape index (κ2) is 41.8. The number of esters is 1. The van der Waals surface area contributed by atoms with Crippen LogP contribution in [0.5, 0.6) is 0 Å². The number of nitrogens with one attached hydrogen (secondary N) is 1. The van der Waals surface area contributed by atoms with Crippen LogP contribution < -0.4 is 5.32 Å². The first-order chi connectivity index (χ1) is 25.5. The van der Waals surface area contributed by atoms with Crippen molar-refractivity contribution >= 4 is 11.9 Å². The molecule has 0 heterocycles. The second-order valence-electron chi connectivity index (χ2n) is 15.0. The van der Waals surface area contributed by atoms with E-state index in [0.29, 0.717) is 19.4 Å². The van der Waals surface area contributed by atoms with Crippen molar-refractivity contribution in [2.75, 3.05) is 13.2 Å². The van der Waals surface area contributed by atoms with Crippen LogP contribution in [0.1, 0.15) is 219 Å². The Kier molecular flexibility index (Phi) is 40.3. The molecule has 0 aromatic carbocycles. The van der Waals surface area contributed by atoms with Crippen molar-refractivity contribution in [1.82, 2.24) is 5.32 Å². The molecule has 0 saturated heterocycles. The number of amides is 1. The molecule has 52 heavy (non-hydrogen) atoms. The molecule has 0 aromatic rings. The van der Waals surface area contributed by atoms with E-state index in [1.807, 2.05) is 6.08 Å². The Morgan fingerprint density at radius 2 is 0.981 bits per heavy atom. The fourth-order valence-electron chi connectivity index (χ4n) is 6.41. The minimum Gasteiger partial charge on any atom is -0.466 e. The number of aliphatic hydroxyl groups excluding tert-OH is 2. The molecule has 2 unspecified atom stereocenters. The van der Waals surface area contributed by atoms with Crippen LogP contribution in [0, 0.1) is 0 Å². The van der Waals surface area contributed by atoms with Crippen LogP contribution in [0.2, 0.25) is 0 Å². The normalized spacial score (nSPS) is 13.1. The van der Waals surface area contributed by atoms with Gasteiger partial charge in [-0.1, -0.05) is 185 Å². The monoisotopic (exact) mass is 732 g/mol. The van der Waals surface area contributed by atoms with Crippen molar-refractivity contribution in [3.05, 3.63) is 36.5 Å². The van der Waals surface area contributed by atoms with E-state index in [1.54, 1.807) is 6.08 Å². The molecule has 0 fully saturated rings. The third kappa shape index (κ3) is 37.8. The van der Waals surface area contributed by atoms with Crippen LogP contribution in [0.15, 0.2) is 36.5 Å². The first-order valence-electron chi connectivity index (χ1n) is 22.3. The molecule has 0 aliphatic heterocycles. The summed E-state index contributed by atoms with van der Waals surface area (Å²) in [6.07, 6.45) is 48.3. The molecule has 6 heteroatoms. The van der Waals surface area contributed by atoms with Gasteiger partial charge in [-0.3, -0.25) is 9.59 Å². The quantitative estimate of drug-likeness (QED) is 0.0331. The zero-order valence-electron chi connectivity index (χ0n) is 34.3. The van der Waals surface area contributed by atoms with Gasteiger partial charge >= 0.3 is 5.97 Å². The number of unbranched alkanes of at least 4 members (excludes halogenated alkanes) is 25. The fraction of sp³-hybridized carbons (Fsp3) is 0.826. The summed E-state index contributed by atoms with van der Waals surface area (Å²) in [7, 11) is 0. The van der Waals surface area contributed by atoms with Gasteiger partial charge < -0.3 is 20.3 Å². The summed E-state index contributed by atoms with van der Waals surface area (Å²) in [5.74, 6) is -0.132. The Bertz CT molecular complexity index is 854. The summed E-state index contributed by atoms with van der Waals surface area (Å²) < 4.78 is 5.43. The summed E-state index contributed by atoms with van der Waals surface area (Å²) in [4.78, 5) is 24.3. The zero-order valence-corrected chi connectivity index (χ0v) is 34.3. The largest absolute Gasteiger partial charge is 0.466 e. The lowest BCUT2D eigenvalue weighted by molar-refractivity contribution is -0.143. The number of carbonyl (C=O) groups is 2. The van der Waals surface area contributed by atoms with Crippen LogP contribution in [-0.2, 0) is 14.3 Å². The average Bonchev–Trinajstić information content (AvgIpc) is 3.14. The smallest absolute Gasteiger partial charge is 0.305 e. The van der Waals surface area contributed by atoms with E-state index >= 15 is 0 Å². The van der Waals surface area contributed by atoms with Gasteiger partial charge in [0.15, 0.2) is 0 Å². The van der Waals surface area contributed by atoms with E-state index in [-0.39, 0.29) is 18.5 Å². The number of hydrogen-bond acceptors (Lipinski definition) is 5. The molecule has 6 nitrogen and oxygen atoms in total. The molecule has 304 valence electrons. The van der Waals surface area contributed by atoms with Crippen molar-refractivity contribution in [3.8, 4) is 0 Å². The summed E-state index contributed by atoms with van der Waals surface area (Å²) in [6, 6.07) is -0.644. The van der Waals surface area contributed by atoms with Crippen LogP contribution >= 0.6 is 0 Å². The molecule has 0 radical (unpaired) electrons. The average molecular weight is 732 g/mol. The van der Waals surface area contributed by atoms with E-state index in [9.17, 15) is 19.8 Å². The van der Waals surface area contributed by atoms with Gasteiger partial charge in [0.05, 0.1) is 25.4 Å². The molecule has 1 amide bonds. The van der Waals surface area contributed by atoms with Crippen LogP contribution in [0.4, 0.5) is 0 Å². The molecule has 0 aliphatic carbocycles. The van der Waals surface area contributed by atoms with Crippen molar-refractivity contribution in [2.45, 2.75) is 231 Å².